The van der Waals surface area contributed by atoms with E-state index in [2.05, 4.69) is 29.0 Å². The Labute approximate surface area is 173 Å². The van der Waals surface area contributed by atoms with Crippen LogP contribution in [0.2, 0.25) is 0 Å². The summed E-state index contributed by atoms with van der Waals surface area (Å²) >= 11 is 0. The molecule has 0 aromatic rings. The van der Waals surface area contributed by atoms with Crippen molar-refractivity contribution in [3.8, 4) is 0 Å². The highest BCUT2D eigenvalue weighted by Gasteiger charge is 2.34. The summed E-state index contributed by atoms with van der Waals surface area (Å²) in [5.74, 6) is 1.42. The van der Waals surface area contributed by atoms with Crippen molar-refractivity contribution in [3.63, 3.8) is 0 Å². The molecule has 28 heavy (non-hydrogen) atoms. The van der Waals surface area contributed by atoms with Gasteiger partial charge < -0.3 is 10.2 Å². The van der Waals surface area contributed by atoms with Crippen LogP contribution < -0.4 is 5.32 Å². The molecule has 2 aliphatic rings. The van der Waals surface area contributed by atoms with Gasteiger partial charge in [-0.1, -0.05) is 13.8 Å². The Hall–Kier alpha value is -0.980. The van der Waals surface area contributed by atoms with E-state index in [0.717, 1.165) is 45.8 Å². The monoisotopic (exact) mass is 396 g/mol. The first kappa shape index (κ1) is 23.3. The number of piperidine rings is 1. The van der Waals surface area contributed by atoms with Crippen molar-refractivity contribution in [3.05, 3.63) is 0 Å². The number of amides is 1. The van der Waals surface area contributed by atoms with Crippen molar-refractivity contribution in [1.82, 2.24) is 20.0 Å². The Morgan fingerprint density at radius 2 is 1.54 bits per heavy atom. The van der Waals surface area contributed by atoms with Crippen molar-refractivity contribution in [2.24, 2.45) is 11.8 Å². The van der Waals surface area contributed by atoms with E-state index < -0.39 is 5.54 Å². The van der Waals surface area contributed by atoms with Crippen molar-refractivity contribution >= 4 is 11.7 Å². The fourth-order valence-corrected chi connectivity index (χ4v) is 4.41. The number of hydrogen-bond donors (Lipinski definition) is 1. The quantitative estimate of drug-likeness (QED) is 0.681. The highest BCUT2D eigenvalue weighted by molar-refractivity contribution is 5.85. The van der Waals surface area contributed by atoms with E-state index in [1.807, 2.05) is 32.6 Å². The Bertz CT molecular complexity index is 523. The minimum absolute atomic E-state index is 0. The zero-order valence-electron chi connectivity index (χ0n) is 19.0. The van der Waals surface area contributed by atoms with Gasteiger partial charge >= 0.3 is 0 Å². The second-order valence-electron chi connectivity index (χ2n) is 9.86. The fraction of sp³-hybridized carbons (Fsp3) is 0.909. The summed E-state index contributed by atoms with van der Waals surface area (Å²) < 4.78 is 0. The fourth-order valence-electron chi connectivity index (χ4n) is 4.41. The van der Waals surface area contributed by atoms with E-state index in [4.69, 9.17) is 0 Å². The molecule has 2 rings (SSSR count). The van der Waals surface area contributed by atoms with Crippen LogP contribution in [0, 0.1) is 11.8 Å². The number of piperazine rings is 1. The van der Waals surface area contributed by atoms with Gasteiger partial charge in [0.15, 0.2) is 0 Å². The SMILES string of the molecule is CC(C)NC(C)(C)C(=O)N1CCN(CC2CCN(CC(=O)C(C)C)CC2)CC1.[HH]. The number of ketones is 1. The second kappa shape index (κ2) is 10.2. The minimum Gasteiger partial charge on any atom is -0.339 e. The second-order valence-corrected chi connectivity index (χ2v) is 9.86. The molecule has 0 saturated carbocycles. The molecule has 2 saturated heterocycles. The van der Waals surface area contributed by atoms with Gasteiger partial charge in [0, 0.05) is 46.1 Å². The Balaban J connectivity index is 0.00000420. The Morgan fingerprint density at radius 1 is 0.964 bits per heavy atom. The first-order valence-corrected chi connectivity index (χ1v) is 11.1. The summed E-state index contributed by atoms with van der Waals surface area (Å²) in [6.45, 7) is 19.5. The molecule has 2 aliphatic heterocycles. The average molecular weight is 397 g/mol. The molecule has 0 radical (unpaired) electrons. The third kappa shape index (κ3) is 6.82. The molecule has 0 aromatic heterocycles. The maximum absolute atomic E-state index is 12.8. The molecular formula is C22H44N4O2. The van der Waals surface area contributed by atoms with E-state index >= 15 is 0 Å². The summed E-state index contributed by atoms with van der Waals surface area (Å²) in [5.41, 5.74) is -0.503. The topological polar surface area (TPSA) is 55.9 Å². The van der Waals surface area contributed by atoms with Crippen LogP contribution in [-0.2, 0) is 9.59 Å². The number of carbonyl (C=O) groups excluding carboxylic acids is 2. The minimum atomic E-state index is -0.503. The van der Waals surface area contributed by atoms with Gasteiger partial charge in [0.05, 0.1) is 12.1 Å². The van der Waals surface area contributed by atoms with Crippen LogP contribution in [0.3, 0.4) is 0 Å². The van der Waals surface area contributed by atoms with Crippen LogP contribution in [0.1, 0.15) is 55.8 Å². The standard InChI is InChI=1S/C22H42N4O2.H2/c1-17(2)20(27)16-24-9-7-19(8-10-24)15-25-11-13-26(14-12-25)21(28)22(5,6)23-18(3)4;/h17-19,23H,7-16H2,1-6H3;1H. The molecule has 164 valence electrons. The zero-order valence-corrected chi connectivity index (χ0v) is 19.0. The smallest absolute Gasteiger partial charge is 0.242 e. The summed E-state index contributed by atoms with van der Waals surface area (Å²) in [5, 5.41) is 3.38. The van der Waals surface area contributed by atoms with Gasteiger partial charge in [-0.15, -0.1) is 0 Å². The molecule has 2 fully saturated rings. The van der Waals surface area contributed by atoms with Crippen LogP contribution in [0.5, 0.6) is 0 Å². The molecular weight excluding hydrogens is 352 g/mol. The predicted molar refractivity (Wildman–Crippen MR) is 116 cm³/mol. The van der Waals surface area contributed by atoms with Gasteiger partial charge in [-0.3, -0.25) is 19.4 Å². The molecule has 0 atom stereocenters. The normalized spacial score (nSPS) is 20.9. The summed E-state index contributed by atoms with van der Waals surface area (Å²) in [6, 6.07) is 0.293. The molecule has 6 heteroatoms. The summed E-state index contributed by atoms with van der Waals surface area (Å²) in [4.78, 5) is 31.6. The predicted octanol–water partition coefficient (Wildman–Crippen LogP) is 2.09. The first-order chi connectivity index (χ1) is 13.1. The number of Topliss-reactive ketones (excluding diaryl/α,β-unsaturated/α-hetero) is 1. The van der Waals surface area contributed by atoms with Crippen LogP contribution in [0.25, 0.3) is 0 Å². The number of nitrogens with one attached hydrogen (secondary N) is 1. The van der Waals surface area contributed by atoms with E-state index in [9.17, 15) is 9.59 Å². The molecule has 1 amide bonds. The summed E-state index contributed by atoms with van der Waals surface area (Å²) in [7, 11) is 0. The van der Waals surface area contributed by atoms with Crippen molar-refractivity contribution in [2.75, 3.05) is 52.4 Å². The summed E-state index contributed by atoms with van der Waals surface area (Å²) in [6.07, 6.45) is 2.35. The van der Waals surface area contributed by atoms with E-state index in [0.29, 0.717) is 24.3 Å². The molecule has 0 aliphatic carbocycles. The Kier molecular flexibility index (Phi) is 8.46. The van der Waals surface area contributed by atoms with Gasteiger partial charge in [0.25, 0.3) is 0 Å². The third-order valence-corrected chi connectivity index (χ3v) is 6.09. The van der Waals surface area contributed by atoms with Gasteiger partial charge in [0.2, 0.25) is 5.91 Å². The van der Waals surface area contributed by atoms with Crippen LogP contribution in [0.15, 0.2) is 0 Å². The zero-order chi connectivity index (χ0) is 20.9. The number of rotatable bonds is 8. The van der Waals surface area contributed by atoms with Crippen LogP contribution in [-0.4, -0.2) is 90.3 Å². The Morgan fingerprint density at radius 3 is 2.04 bits per heavy atom. The van der Waals surface area contributed by atoms with Gasteiger partial charge in [-0.05, 0) is 59.5 Å². The molecule has 0 aromatic carbocycles. The van der Waals surface area contributed by atoms with Gasteiger partial charge in [-0.2, -0.15) is 0 Å². The maximum atomic E-state index is 12.8. The molecule has 0 unspecified atom stereocenters. The van der Waals surface area contributed by atoms with Crippen LogP contribution in [0.4, 0.5) is 0 Å². The molecule has 0 spiro atoms. The largest absolute Gasteiger partial charge is 0.339 e. The van der Waals surface area contributed by atoms with Crippen molar-refractivity contribution in [2.45, 2.75) is 66.0 Å². The maximum Gasteiger partial charge on any atom is 0.242 e. The van der Waals surface area contributed by atoms with E-state index in [1.54, 1.807) is 0 Å². The van der Waals surface area contributed by atoms with Gasteiger partial charge in [-0.25, -0.2) is 0 Å². The molecule has 2 heterocycles. The van der Waals surface area contributed by atoms with Crippen molar-refractivity contribution in [1.29, 1.82) is 0 Å². The highest BCUT2D eigenvalue weighted by atomic mass is 16.2. The van der Waals surface area contributed by atoms with E-state index in [-0.39, 0.29) is 13.3 Å². The lowest BCUT2D eigenvalue weighted by molar-refractivity contribution is -0.139. The first-order valence-electron chi connectivity index (χ1n) is 11.1. The van der Waals surface area contributed by atoms with Crippen molar-refractivity contribution < 1.29 is 11.0 Å². The van der Waals surface area contributed by atoms with E-state index in [1.165, 1.54) is 12.8 Å². The lowest BCUT2D eigenvalue weighted by atomic mass is 9.95. The molecule has 1 N–H and O–H groups in total. The molecule has 6 nitrogen and oxygen atoms in total. The third-order valence-electron chi connectivity index (χ3n) is 6.09. The van der Waals surface area contributed by atoms with Gasteiger partial charge in [0.1, 0.15) is 5.78 Å². The number of hydrogen-bond acceptors (Lipinski definition) is 5. The number of carbonyl (C=O) groups is 2. The number of likely N-dealkylation sites (tertiary alicyclic amines) is 1. The number of nitrogens with zero attached hydrogens (tertiary/aromatic N) is 3. The lowest BCUT2D eigenvalue weighted by Gasteiger charge is -2.41. The average Bonchev–Trinajstić information content (AvgIpc) is 2.62. The highest BCUT2D eigenvalue weighted by Crippen LogP contribution is 2.20. The molecule has 0 bridgehead atoms. The van der Waals surface area contributed by atoms with Crippen LogP contribution >= 0.6 is 0 Å². The lowest BCUT2D eigenvalue weighted by Crippen LogP contribution is -2.60.